The van der Waals surface area contributed by atoms with Crippen LogP contribution < -0.4 is 15.6 Å². The fourth-order valence-electron chi connectivity index (χ4n) is 2.57. The van der Waals surface area contributed by atoms with Gasteiger partial charge in [0, 0.05) is 24.5 Å². The molecule has 1 aromatic heterocycles. The number of rotatable bonds is 6. The molecule has 26 heavy (non-hydrogen) atoms. The normalized spacial score (nSPS) is 10.5. The van der Waals surface area contributed by atoms with Crippen molar-refractivity contribution >= 4 is 11.6 Å². The third-order valence-corrected chi connectivity index (χ3v) is 4.13. The van der Waals surface area contributed by atoms with Crippen molar-refractivity contribution in [2.75, 3.05) is 12.4 Å². The first-order chi connectivity index (χ1) is 12.4. The molecule has 1 amide bonds. The van der Waals surface area contributed by atoms with Crippen LogP contribution in [0.2, 0.25) is 0 Å². The van der Waals surface area contributed by atoms with Gasteiger partial charge in [-0.25, -0.2) is 0 Å². The summed E-state index contributed by atoms with van der Waals surface area (Å²) in [6.45, 7) is 6.49. The Hall–Kier alpha value is -3.07. The molecule has 0 aliphatic carbocycles. The smallest absolute Gasteiger partial charge is 0.263 e. The fraction of sp³-hybridized carbons (Fsp3) is 0.350. The summed E-state index contributed by atoms with van der Waals surface area (Å²) in [6.07, 6.45) is 2.58. The van der Waals surface area contributed by atoms with Gasteiger partial charge in [0.15, 0.2) is 0 Å². The Balaban J connectivity index is 2.31. The van der Waals surface area contributed by atoms with E-state index in [1.165, 1.54) is 7.11 Å². The molecule has 0 fully saturated rings. The molecule has 0 saturated carbocycles. The highest BCUT2D eigenvalue weighted by Gasteiger charge is 2.17. The predicted molar refractivity (Wildman–Crippen MR) is 101 cm³/mol. The van der Waals surface area contributed by atoms with E-state index in [4.69, 9.17) is 10.00 Å². The van der Waals surface area contributed by atoms with Crippen LogP contribution >= 0.6 is 0 Å². The van der Waals surface area contributed by atoms with Gasteiger partial charge >= 0.3 is 0 Å². The molecular weight excluding hydrogens is 330 g/mol. The second-order valence-electron chi connectivity index (χ2n) is 6.54. The number of methoxy groups -OCH3 is 1. The summed E-state index contributed by atoms with van der Waals surface area (Å²) in [5, 5.41) is 11.7. The number of hydrogen-bond acceptors (Lipinski definition) is 4. The first-order valence-electron chi connectivity index (χ1n) is 8.47. The Labute approximate surface area is 153 Å². The van der Waals surface area contributed by atoms with E-state index in [1.54, 1.807) is 42.0 Å². The number of aromatic nitrogens is 1. The molecule has 1 N–H and O–H groups in total. The highest BCUT2D eigenvalue weighted by molar-refractivity contribution is 6.05. The van der Waals surface area contributed by atoms with Gasteiger partial charge in [-0.15, -0.1) is 0 Å². The number of pyridine rings is 1. The van der Waals surface area contributed by atoms with E-state index in [2.05, 4.69) is 19.2 Å². The molecule has 0 atom stereocenters. The van der Waals surface area contributed by atoms with Crippen LogP contribution in [0.5, 0.6) is 5.75 Å². The summed E-state index contributed by atoms with van der Waals surface area (Å²) in [6, 6.07) is 8.52. The quantitative estimate of drug-likeness (QED) is 0.863. The van der Waals surface area contributed by atoms with Gasteiger partial charge in [0.25, 0.3) is 11.5 Å². The zero-order valence-electron chi connectivity index (χ0n) is 15.5. The van der Waals surface area contributed by atoms with Gasteiger partial charge in [0.2, 0.25) is 0 Å². The number of ether oxygens (including phenoxy) is 1. The zero-order chi connectivity index (χ0) is 19.3. The summed E-state index contributed by atoms with van der Waals surface area (Å²) in [5.74, 6) is 0.356. The summed E-state index contributed by atoms with van der Waals surface area (Å²) in [7, 11) is 1.45. The van der Waals surface area contributed by atoms with Gasteiger partial charge in [-0.05, 0) is 43.0 Å². The van der Waals surface area contributed by atoms with Gasteiger partial charge < -0.3 is 14.6 Å². The largest absolute Gasteiger partial charge is 0.495 e. The molecule has 0 bridgehead atoms. The first-order valence-corrected chi connectivity index (χ1v) is 8.47. The molecule has 6 nitrogen and oxygen atoms in total. The van der Waals surface area contributed by atoms with Gasteiger partial charge in [-0.3, -0.25) is 9.59 Å². The number of carbonyl (C=O) groups excluding carboxylic acids is 1. The number of aryl methyl sites for hydroxylation is 2. The molecule has 2 rings (SSSR count). The lowest BCUT2D eigenvalue weighted by Gasteiger charge is -2.13. The Morgan fingerprint density at radius 1 is 1.35 bits per heavy atom. The second kappa shape index (κ2) is 8.34. The highest BCUT2D eigenvalue weighted by atomic mass is 16.5. The minimum absolute atomic E-state index is 0.125. The van der Waals surface area contributed by atoms with E-state index in [0.29, 0.717) is 35.0 Å². The monoisotopic (exact) mass is 353 g/mol. The summed E-state index contributed by atoms with van der Waals surface area (Å²) < 4.78 is 6.72. The van der Waals surface area contributed by atoms with Crippen molar-refractivity contribution in [2.24, 2.45) is 5.92 Å². The van der Waals surface area contributed by atoms with E-state index in [0.717, 1.165) is 6.42 Å². The third-order valence-electron chi connectivity index (χ3n) is 4.13. The lowest BCUT2D eigenvalue weighted by atomic mass is 10.1. The maximum Gasteiger partial charge on any atom is 0.263 e. The molecule has 136 valence electrons. The van der Waals surface area contributed by atoms with Crippen molar-refractivity contribution in [2.45, 2.75) is 33.7 Å². The topological polar surface area (TPSA) is 84.1 Å². The molecule has 0 saturated heterocycles. The predicted octanol–water partition coefficient (Wildman–Crippen LogP) is 3.34. The third kappa shape index (κ3) is 4.31. The average molecular weight is 353 g/mol. The number of hydrogen-bond donors (Lipinski definition) is 1. The lowest BCUT2D eigenvalue weighted by molar-refractivity contribution is 0.102. The van der Waals surface area contributed by atoms with Crippen LogP contribution in [-0.2, 0) is 6.54 Å². The standard InChI is InChI=1S/C20H23N3O3/c1-13(2)7-9-23-10-8-14(3)18(20(23)25)19(24)22-16-6-5-15(12-21)17(11-16)26-4/h5-6,8,10-11,13H,7,9H2,1-4H3,(H,22,24). The number of nitriles is 1. The molecule has 2 aromatic rings. The maximum absolute atomic E-state index is 12.7. The lowest BCUT2D eigenvalue weighted by Crippen LogP contribution is -2.30. The Morgan fingerprint density at radius 2 is 2.08 bits per heavy atom. The molecule has 0 unspecified atom stereocenters. The van der Waals surface area contributed by atoms with Crippen LogP contribution in [0.25, 0.3) is 0 Å². The van der Waals surface area contributed by atoms with Gasteiger partial charge in [0.05, 0.1) is 12.7 Å². The van der Waals surface area contributed by atoms with Crippen LogP contribution in [0, 0.1) is 24.2 Å². The van der Waals surface area contributed by atoms with Crippen LogP contribution in [0.1, 0.15) is 41.8 Å². The van der Waals surface area contributed by atoms with Crippen LogP contribution in [0.15, 0.2) is 35.3 Å². The Kier molecular flexibility index (Phi) is 6.18. The summed E-state index contributed by atoms with van der Waals surface area (Å²) in [4.78, 5) is 25.4. The Bertz CT molecular complexity index is 907. The molecule has 1 aromatic carbocycles. The van der Waals surface area contributed by atoms with E-state index >= 15 is 0 Å². The van der Waals surface area contributed by atoms with Crippen molar-refractivity contribution in [1.29, 1.82) is 5.26 Å². The van der Waals surface area contributed by atoms with Gasteiger partial charge in [0.1, 0.15) is 17.4 Å². The minimum Gasteiger partial charge on any atom is -0.495 e. The van der Waals surface area contributed by atoms with E-state index in [1.807, 2.05) is 6.07 Å². The molecule has 0 spiro atoms. The number of carbonyl (C=O) groups is 1. The summed E-state index contributed by atoms with van der Waals surface area (Å²) in [5.41, 5.74) is 1.27. The van der Waals surface area contributed by atoms with E-state index in [9.17, 15) is 9.59 Å². The number of benzene rings is 1. The van der Waals surface area contributed by atoms with Crippen molar-refractivity contribution in [3.8, 4) is 11.8 Å². The number of nitrogens with one attached hydrogen (secondary N) is 1. The van der Waals surface area contributed by atoms with Gasteiger partial charge in [-0.1, -0.05) is 13.8 Å². The molecule has 0 aliphatic rings. The second-order valence-corrected chi connectivity index (χ2v) is 6.54. The SMILES string of the molecule is COc1cc(NC(=O)c2c(C)ccn(CCC(C)C)c2=O)ccc1C#N. The number of nitrogens with zero attached hydrogens (tertiary/aromatic N) is 2. The molecular formula is C20H23N3O3. The Morgan fingerprint density at radius 3 is 2.69 bits per heavy atom. The van der Waals surface area contributed by atoms with Crippen LogP contribution in [0.3, 0.4) is 0 Å². The minimum atomic E-state index is -0.474. The zero-order valence-corrected chi connectivity index (χ0v) is 15.5. The number of amides is 1. The van der Waals surface area contributed by atoms with E-state index in [-0.39, 0.29) is 11.1 Å². The van der Waals surface area contributed by atoms with Crippen LogP contribution in [-0.4, -0.2) is 17.6 Å². The fourth-order valence-corrected chi connectivity index (χ4v) is 2.57. The molecule has 1 heterocycles. The highest BCUT2D eigenvalue weighted by Crippen LogP contribution is 2.22. The maximum atomic E-state index is 12.7. The molecule has 6 heteroatoms. The van der Waals surface area contributed by atoms with Crippen LogP contribution in [0.4, 0.5) is 5.69 Å². The van der Waals surface area contributed by atoms with Crippen molar-refractivity contribution in [3.05, 3.63) is 57.5 Å². The van der Waals surface area contributed by atoms with Gasteiger partial charge in [-0.2, -0.15) is 5.26 Å². The van der Waals surface area contributed by atoms with Crippen molar-refractivity contribution in [3.63, 3.8) is 0 Å². The van der Waals surface area contributed by atoms with Crippen molar-refractivity contribution < 1.29 is 9.53 Å². The first kappa shape index (κ1) is 19.3. The molecule has 0 radical (unpaired) electrons. The number of anilines is 1. The average Bonchev–Trinajstić information content (AvgIpc) is 2.60. The van der Waals surface area contributed by atoms with E-state index < -0.39 is 5.91 Å². The molecule has 0 aliphatic heterocycles. The summed E-state index contributed by atoms with van der Waals surface area (Å²) >= 11 is 0. The van der Waals surface area contributed by atoms with Crippen molar-refractivity contribution in [1.82, 2.24) is 4.57 Å².